The van der Waals surface area contributed by atoms with Gasteiger partial charge < -0.3 is 10.0 Å². The van der Waals surface area contributed by atoms with Crippen LogP contribution in [-0.2, 0) is 0 Å². The number of hydrogen-bond donors (Lipinski definition) is 2. The maximum atomic E-state index is 9.27. The molecule has 0 amide bonds. The fourth-order valence-corrected chi connectivity index (χ4v) is 2.88. The zero-order valence-corrected chi connectivity index (χ0v) is 12.9. The summed E-state index contributed by atoms with van der Waals surface area (Å²) in [5, 5.41) is 18.5. The Morgan fingerprint density at radius 1 is 0.750 bits per heavy atom. The smallest absolute Gasteiger partial charge is 0.423 e. The molecule has 2 aromatic heterocycles. The summed E-state index contributed by atoms with van der Waals surface area (Å²) in [6.45, 7) is 0. The van der Waals surface area contributed by atoms with Crippen molar-refractivity contribution in [1.82, 2.24) is 9.38 Å². The van der Waals surface area contributed by atoms with Gasteiger partial charge in [-0.15, -0.1) is 0 Å². The Labute approximate surface area is 139 Å². The molecule has 2 N–H and O–H groups in total. The van der Waals surface area contributed by atoms with Crippen molar-refractivity contribution in [1.29, 1.82) is 0 Å². The molecule has 0 fully saturated rings. The van der Waals surface area contributed by atoms with E-state index in [1.54, 1.807) is 12.1 Å². The summed E-state index contributed by atoms with van der Waals surface area (Å²) in [4.78, 5) is 4.77. The van der Waals surface area contributed by atoms with Gasteiger partial charge in [0.2, 0.25) is 0 Å². The third-order valence-corrected chi connectivity index (χ3v) is 4.06. The third-order valence-electron chi connectivity index (χ3n) is 4.06. The first-order chi connectivity index (χ1) is 11.7. The van der Waals surface area contributed by atoms with Crippen molar-refractivity contribution in [3.63, 3.8) is 0 Å². The van der Waals surface area contributed by atoms with E-state index in [2.05, 4.69) is 16.5 Å². The first kappa shape index (κ1) is 14.7. The SMILES string of the molecule is OB(O)c1ccc(-c2nc3ccccn3c2-c2ccccc2)cc1. The van der Waals surface area contributed by atoms with Crippen molar-refractivity contribution >= 4 is 18.2 Å². The third kappa shape index (κ3) is 2.50. The summed E-state index contributed by atoms with van der Waals surface area (Å²) in [5.41, 5.74) is 5.23. The molecule has 0 saturated heterocycles. The first-order valence-corrected chi connectivity index (χ1v) is 7.73. The van der Waals surface area contributed by atoms with Crippen LogP contribution < -0.4 is 5.46 Å². The maximum Gasteiger partial charge on any atom is 0.488 e. The lowest BCUT2D eigenvalue weighted by atomic mass is 9.80. The second-order valence-corrected chi connectivity index (χ2v) is 5.60. The van der Waals surface area contributed by atoms with Gasteiger partial charge in [-0.1, -0.05) is 60.7 Å². The van der Waals surface area contributed by atoms with E-state index in [0.29, 0.717) is 5.46 Å². The van der Waals surface area contributed by atoms with Crippen LogP contribution in [0.25, 0.3) is 28.2 Å². The molecule has 4 rings (SSSR count). The highest BCUT2D eigenvalue weighted by Gasteiger charge is 2.16. The number of fused-ring (bicyclic) bond motifs is 1. The summed E-state index contributed by atoms with van der Waals surface area (Å²) >= 11 is 0. The minimum absolute atomic E-state index is 0.462. The van der Waals surface area contributed by atoms with Gasteiger partial charge in [0, 0.05) is 17.3 Å². The highest BCUT2D eigenvalue weighted by atomic mass is 16.4. The minimum atomic E-state index is -1.46. The summed E-state index contributed by atoms with van der Waals surface area (Å²) in [5.74, 6) is 0. The Hall–Kier alpha value is -2.89. The molecular formula is C19H15BN2O2. The van der Waals surface area contributed by atoms with Crippen molar-refractivity contribution in [2.24, 2.45) is 0 Å². The standard InChI is InChI=1S/C19H15BN2O2/c23-20(24)16-11-9-14(10-12-16)18-19(15-6-2-1-3-7-15)22-13-5-4-8-17(22)21-18/h1-13,23-24H. The van der Waals surface area contributed by atoms with Gasteiger partial charge >= 0.3 is 7.12 Å². The fraction of sp³-hybridized carbons (Fsp3) is 0. The van der Waals surface area contributed by atoms with Crippen molar-refractivity contribution < 1.29 is 10.0 Å². The molecule has 0 atom stereocenters. The molecule has 0 radical (unpaired) electrons. The van der Waals surface area contributed by atoms with Crippen molar-refractivity contribution in [3.8, 4) is 22.5 Å². The van der Waals surface area contributed by atoms with Crippen LogP contribution in [-0.4, -0.2) is 26.6 Å². The average molecular weight is 314 g/mol. The largest absolute Gasteiger partial charge is 0.488 e. The van der Waals surface area contributed by atoms with E-state index < -0.39 is 7.12 Å². The second kappa shape index (κ2) is 5.96. The van der Waals surface area contributed by atoms with Crippen molar-refractivity contribution in [2.75, 3.05) is 0 Å². The highest BCUT2D eigenvalue weighted by molar-refractivity contribution is 6.58. The van der Waals surface area contributed by atoms with Gasteiger partial charge in [-0.25, -0.2) is 4.98 Å². The first-order valence-electron chi connectivity index (χ1n) is 7.73. The number of pyridine rings is 1. The summed E-state index contributed by atoms with van der Waals surface area (Å²) < 4.78 is 2.07. The van der Waals surface area contributed by atoms with E-state index in [1.807, 2.05) is 54.7 Å². The van der Waals surface area contributed by atoms with Gasteiger partial charge in [0.1, 0.15) is 5.65 Å². The van der Waals surface area contributed by atoms with Crippen LogP contribution in [0.5, 0.6) is 0 Å². The quantitative estimate of drug-likeness (QED) is 0.571. The molecule has 0 aliphatic carbocycles. The zero-order valence-electron chi connectivity index (χ0n) is 12.9. The maximum absolute atomic E-state index is 9.27. The van der Waals surface area contributed by atoms with E-state index in [9.17, 15) is 10.0 Å². The summed E-state index contributed by atoms with van der Waals surface area (Å²) in [6.07, 6.45) is 2.00. The van der Waals surface area contributed by atoms with Crippen LogP contribution in [0.15, 0.2) is 79.0 Å². The molecule has 5 heteroatoms. The minimum Gasteiger partial charge on any atom is -0.423 e. The van der Waals surface area contributed by atoms with Crippen LogP contribution in [0.3, 0.4) is 0 Å². The van der Waals surface area contributed by atoms with E-state index in [4.69, 9.17) is 4.98 Å². The molecule has 4 nitrogen and oxygen atoms in total. The number of nitrogens with zero attached hydrogens (tertiary/aromatic N) is 2. The topological polar surface area (TPSA) is 57.8 Å². The van der Waals surface area contributed by atoms with Crippen LogP contribution in [0.2, 0.25) is 0 Å². The van der Waals surface area contributed by atoms with Crippen molar-refractivity contribution in [2.45, 2.75) is 0 Å². The molecule has 0 bridgehead atoms. The van der Waals surface area contributed by atoms with Gasteiger partial charge in [0.15, 0.2) is 0 Å². The number of rotatable bonds is 3. The summed E-state index contributed by atoms with van der Waals surface area (Å²) in [6, 6.07) is 23.2. The van der Waals surface area contributed by atoms with Gasteiger partial charge in [0.25, 0.3) is 0 Å². The molecule has 4 aromatic rings. The number of hydrogen-bond acceptors (Lipinski definition) is 3. The highest BCUT2D eigenvalue weighted by Crippen LogP contribution is 2.32. The van der Waals surface area contributed by atoms with Crippen LogP contribution in [0.1, 0.15) is 0 Å². The number of imidazole rings is 1. The molecular weight excluding hydrogens is 299 g/mol. The molecule has 0 aliphatic heterocycles. The summed E-state index contributed by atoms with van der Waals surface area (Å²) in [7, 11) is -1.46. The van der Waals surface area contributed by atoms with E-state index in [1.165, 1.54) is 0 Å². The molecule has 0 aliphatic rings. The van der Waals surface area contributed by atoms with Crippen molar-refractivity contribution in [3.05, 3.63) is 79.0 Å². The van der Waals surface area contributed by atoms with Gasteiger partial charge in [-0.2, -0.15) is 0 Å². The van der Waals surface area contributed by atoms with Gasteiger partial charge in [-0.05, 0) is 17.6 Å². The predicted octanol–water partition coefficient (Wildman–Crippen LogP) is 2.35. The lowest BCUT2D eigenvalue weighted by Crippen LogP contribution is -2.29. The molecule has 0 unspecified atom stereocenters. The Morgan fingerprint density at radius 3 is 2.17 bits per heavy atom. The van der Waals surface area contributed by atoms with Crippen LogP contribution in [0.4, 0.5) is 0 Å². The average Bonchev–Trinajstić information content (AvgIpc) is 3.02. The second-order valence-electron chi connectivity index (χ2n) is 5.60. The van der Waals surface area contributed by atoms with Gasteiger partial charge in [-0.3, -0.25) is 4.40 Å². The number of benzene rings is 2. The zero-order chi connectivity index (χ0) is 16.5. The van der Waals surface area contributed by atoms with Crippen LogP contribution in [0, 0.1) is 0 Å². The van der Waals surface area contributed by atoms with Gasteiger partial charge in [0.05, 0.1) is 11.4 Å². The lowest BCUT2D eigenvalue weighted by Gasteiger charge is -2.06. The fourth-order valence-electron chi connectivity index (χ4n) is 2.88. The van der Waals surface area contributed by atoms with E-state index in [-0.39, 0.29) is 0 Å². The molecule has 2 heterocycles. The molecule has 0 saturated carbocycles. The Kier molecular flexibility index (Phi) is 3.65. The Balaban J connectivity index is 1.95. The Morgan fingerprint density at radius 2 is 1.46 bits per heavy atom. The number of aromatic nitrogens is 2. The molecule has 0 spiro atoms. The van der Waals surface area contributed by atoms with E-state index >= 15 is 0 Å². The lowest BCUT2D eigenvalue weighted by molar-refractivity contribution is 0.426. The monoisotopic (exact) mass is 314 g/mol. The van der Waals surface area contributed by atoms with Crippen LogP contribution >= 0.6 is 0 Å². The molecule has 2 aromatic carbocycles. The van der Waals surface area contributed by atoms with E-state index in [0.717, 1.165) is 28.2 Å². The Bertz CT molecular complexity index is 979. The molecule has 116 valence electrons. The molecule has 24 heavy (non-hydrogen) atoms. The predicted molar refractivity (Wildman–Crippen MR) is 95.9 cm³/mol. The normalized spacial score (nSPS) is 10.9.